The number of nitrogens with zero attached hydrogens (tertiary/aromatic N) is 1. The predicted molar refractivity (Wildman–Crippen MR) is 83.6 cm³/mol. The molecule has 0 radical (unpaired) electrons. The molecule has 0 saturated heterocycles. The molecule has 0 aliphatic rings. The van der Waals surface area contributed by atoms with E-state index >= 15 is 0 Å². The number of hydrogen-bond acceptors (Lipinski definition) is 3. The van der Waals surface area contributed by atoms with Crippen LogP contribution in [0.5, 0.6) is 0 Å². The Balaban J connectivity index is 0.000000621. The lowest BCUT2D eigenvalue weighted by atomic mass is 10.1. The summed E-state index contributed by atoms with van der Waals surface area (Å²) in [5.74, 6) is -0.128. The molecule has 1 aromatic rings. The number of aldehydes is 1. The third kappa shape index (κ3) is 6.15. The van der Waals surface area contributed by atoms with Crippen molar-refractivity contribution in [2.75, 3.05) is 11.9 Å². The molecule has 1 unspecified atom stereocenters. The van der Waals surface area contributed by atoms with E-state index in [2.05, 4.69) is 25.8 Å². The van der Waals surface area contributed by atoms with E-state index in [-0.39, 0.29) is 11.9 Å². The van der Waals surface area contributed by atoms with Gasteiger partial charge in [-0.3, -0.25) is 0 Å². The summed E-state index contributed by atoms with van der Waals surface area (Å²) in [7, 11) is 2.07. The highest BCUT2D eigenvalue weighted by atomic mass is 19.1. The first-order chi connectivity index (χ1) is 9.37. The maximum absolute atomic E-state index is 13.1. The van der Waals surface area contributed by atoms with Crippen molar-refractivity contribution < 1.29 is 9.18 Å². The predicted octanol–water partition coefficient (Wildman–Crippen LogP) is 3.29. The second kappa shape index (κ2) is 9.48. The Hall–Kier alpha value is -1.42. The van der Waals surface area contributed by atoms with Crippen molar-refractivity contribution in [3.8, 4) is 0 Å². The zero-order chi connectivity index (χ0) is 15.7. The third-order valence-electron chi connectivity index (χ3n) is 3.25. The maximum atomic E-state index is 13.1. The molecular formula is C16H27FN2O. The van der Waals surface area contributed by atoms with Gasteiger partial charge in [0, 0.05) is 18.8 Å². The van der Waals surface area contributed by atoms with Crippen LogP contribution in [0.15, 0.2) is 18.2 Å². The summed E-state index contributed by atoms with van der Waals surface area (Å²) in [4.78, 5) is 11.6. The molecule has 0 aromatic heterocycles. The van der Waals surface area contributed by atoms with E-state index < -0.39 is 0 Å². The zero-order valence-corrected chi connectivity index (χ0v) is 13.2. The van der Waals surface area contributed by atoms with Crippen LogP contribution in [-0.4, -0.2) is 25.4 Å². The highest BCUT2D eigenvalue weighted by Crippen LogP contribution is 2.21. The van der Waals surface area contributed by atoms with Crippen molar-refractivity contribution in [1.29, 1.82) is 0 Å². The molecule has 0 heterocycles. The van der Waals surface area contributed by atoms with E-state index in [9.17, 15) is 9.18 Å². The number of carbonyl (C=O) groups excluding carboxylic acids is 1. The van der Waals surface area contributed by atoms with E-state index in [1.54, 1.807) is 19.9 Å². The van der Waals surface area contributed by atoms with Gasteiger partial charge in [0.15, 0.2) is 0 Å². The summed E-state index contributed by atoms with van der Waals surface area (Å²) in [6, 6.07) is 5.54. The number of benzene rings is 1. The molecule has 20 heavy (non-hydrogen) atoms. The number of rotatable bonds is 5. The van der Waals surface area contributed by atoms with Gasteiger partial charge in [-0.25, -0.2) is 4.39 Å². The summed E-state index contributed by atoms with van der Waals surface area (Å²) in [6.45, 7) is 7.80. The SMILES string of the molecule is CC(N)C=O.CCC(CC)N(C)c1ccc(F)c(C)c1. The molecule has 4 heteroatoms. The van der Waals surface area contributed by atoms with Gasteiger partial charge in [-0.15, -0.1) is 0 Å². The van der Waals surface area contributed by atoms with Crippen LogP contribution in [0.1, 0.15) is 39.2 Å². The highest BCUT2D eigenvalue weighted by molar-refractivity contribution is 5.55. The summed E-state index contributed by atoms with van der Waals surface area (Å²) in [5, 5.41) is 0. The van der Waals surface area contributed by atoms with E-state index in [1.807, 2.05) is 12.1 Å². The van der Waals surface area contributed by atoms with Crippen LogP contribution >= 0.6 is 0 Å². The molecule has 1 atom stereocenters. The Labute approximate surface area is 122 Å². The van der Waals surface area contributed by atoms with Crippen LogP contribution in [0.25, 0.3) is 0 Å². The smallest absolute Gasteiger partial charge is 0.136 e. The lowest BCUT2D eigenvalue weighted by molar-refractivity contribution is -0.108. The number of nitrogens with two attached hydrogens (primary N) is 1. The Morgan fingerprint density at radius 1 is 1.35 bits per heavy atom. The van der Waals surface area contributed by atoms with Gasteiger partial charge in [-0.05, 0) is 50.5 Å². The fourth-order valence-corrected chi connectivity index (χ4v) is 1.90. The van der Waals surface area contributed by atoms with Gasteiger partial charge in [0.2, 0.25) is 0 Å². The number of anilines is 1. The standard InChI is InChI=1S/C13H20FN.C3H7NO/c1-5-11(6-2)15(4)12-7-8-13(14)10(3)9-12;1-3(4)2-5/h7-9,11H,5-6H2,1-4H3;2-3H,4H2,1H3. The van der Waals surface area contributed by atoms with Crippen LogP contribution in [0, 0.1) is 12.7 Å². The molecule has 3 nitrogen and oxygen atoms in total. The molecule has 0 bridgehead atoms. The number of aryl methyl sites for hydroxylation is 1. The van der Waals surface area contributed by atoms with Crippen molar-refractivity contribution in [3.05, 3.63) is 29.6 Å². The summed E-state index contributed by atoms with van der Waals surface area (Å²) in [5.41, 5.74) is 6.74. The first-order valence-electron chi connectivity index (χ1n) is 7.07. The van der Waals surface area contributed by atoms with E-state index in [1.165, 1.54) is 0 Å². The van der Waals surface area contributed by atoms with Crippen molar-refractivity contribution in [2.45, 2.75) is 52.6 Å². The van der Waals surface area contributed by atoms with Crippen LogP contribution in [0.4, 0.5) is 10.1 Å². The number of carbonyl (C=O) groups is 1. The molecule has 1 aromatic carbocycles. The van der Waals surface area contributed by atoms with Crippen molar-refractivity contribution in [2.24, 2.45) is 5.73 Å². The molecule has 0 amide bonds. The second-order valence-electron chi connectivity index (χ2n) is 5.01. The fourth-order valence-electron chi connectivity index (χ4n) is 1.90. The minimum Gasteiger partial charge on any atom is -0.372 e. The molecule has 0 aliphatic carbocycles. The Bertz CT molecular complexity index is 403. The van der Waals surface area contributed by atoms with E-state index in [0.717, 1.165) is 18.5 Å². The van der Waals surface area contributed by atoms with Crippen molar-refractivity contribution >= 4 is 12.0 Å². The molecule has 0 spiro atoms. The number of hydrogen-bond donors (Lipinski definition) is 1. The molecule has 0 fully saturated rings. The van der Waals surface area contributed by atoms with Gasteiger partial charge in [0.1, 0.15) is 12.1 Å². The van der Waals surface area contributed by atoms with E-state index in [4.69, 9.17) is 5.73 Å². The van der Waals surface area contributed by atoms with Crippen LogP contribution in [-0.2, 0) is 4.79 Å². The van der Waals surface area contributed by atoms with Gasteiger partial charge in [0.25, 0.3) is 0 Å². The Kier molecular flexibility index (Phi) is 8.81. The van der Waals surface area contributed by atoms with Crippen molar-refractivity contribution in [1.82, 2.24) is 0 Å². The summed E-state index contributed by atoms with van der Waals surface area (Å²) < 4.78 is 13.1. The Morgan fingerprint density at radius 3 is 2.20 bits per heavy atom. The molecular weight excluding hydrogens is 255 g/mol. The molecule has 1 rings (SSSR count). The van der Waals surface area contributed by atoms with Gasteiger partial charge in [-0.2, -0.15) is 0 Å². The van der Waals surface area contributed by atoms with Gasteiger partial charge in [0.05, 0.1) is 6.04 Å². The first-order valence-corrected chi connectivity index (χ1v) is 7.07. The first kappa shape index (κ1) is 18.6. The fraction of sp³-hybridized carbons (Fsp3) is 0.562. The minimum atomic E-state index is -0.296. The van der Waals surface area contributed by atoms with Gasteiger partial charge >= 0.3 is 0 Å². The highest BCUT2D eigenvalue weighted by Gasteiger charge is 2.11. The second-order valence-corrected chi connectivity index (χ2v) is 5.01. The molecule has 114 valence electrons. The maximum Gasteiger partial charge on any atom is 0.136 e. The van der Waals surface area contributed by atoms with Gasteiger partial charge in [-0.1, -0.05) is 13.8 Å². The quantitative estimate of drug-likeness (QED) is 0.843. The lowest BCUT2D eigenvalue weighted by Gasteiger charge is -2.28. The average Bonchev–Trinajstić information content (AvgIpc) is 2.43. The third-order valence-corrected chi connectivity index (χ3v) is 3.25. The minimum absolute atomic E-state index is 0.128. The van der Waals surface area contributed by atoms with Crippen LogP contribution in [0.3, 0.4) is 0 Å². The van der Waals surface area contributed by atoms with Crippen LogP contribution in [0.2, 0.25) is 0 Å². The van der Waals surface area contributed by atoms with Gasteiger partial charge < -0.3 is 15.4 Å². The van der Waals surface area contributed by atoms with Crippen molar-refractivity contribution in [3.63, 3.8) is 0 Å². The van der Waals surface area contributed by atoms with Crippen LogP contribution < -0.4 is 10.6 Å². The molecule has 2 N–H and O–H groups in total. The summed E-state index contributed by atoms with van der Waals surface area (Å²) in [6.07, 6.45) is 2.92. The normalized spacial score (nSPS) is 11.6. The average molecular weight is 282 g/mol. The Morgan fingerprint density at radius 2 is 1.85 bits per heavy atom. The summed E-state index contributed by atoms with van der Waals surface area (Å²) >= 11 is 0. The monoisotopic (exact) mass is 282 g/mol. The zero-order valence-electron chi connectivity index (χ0n) is 13.2. The van der Waals surface area contributed by atoms with E-state index in [0.29, 0.717) is 17.9 Å². The largest absolute Gasteiger partial charge is 0.372 e. The number of halogens is 1. The lowest BCUT2D eigenvalue weighted by Crippen LogP contribution is -2.30. The molecule has 0 saturated carbocycles. The molecule has 0 aliphatic heterocycles. The topological polar surface area (TPSA) is 46.3 Å².